The number of hydrogen-bond donors (Lipinski definition) is 2. The number of rotatable bonds is 4. The van der Waals surface area contributed by atoms with Crippen molar-refractivity contribution >= 4 is 56.8 Å². The van der Waals surface area contributed by atoms with Gasteiger partial charge in [0.05, 0.1) is 10.6 Å². The van der Waals surface area contributed by atoms with Crippen LogP contribution in [0.5, 0.6) is 0 Å². The maximum atomic E-state index is 12.9. The van der Waals surface area contributed by atoms with E-state index in [-0.39, 0.29) is 10.5 Å². The summed E-state index contributed by atoms with van der Waals surface area (Å²) in [6.07, 6.45) is 3.15. The van der Waals surface area contributed by atoms with Crippen molar-refractivity contribution in [3.05, 3.63) is 82.1 Å². The molecule has 31 heavy (non-hydrogen) atoms. The van der Waals surface area contributed by atoms with Gasteiger partial charge in [-0.25, -0.2) is 18.6 Å². The fourth-order valence-corrected chi connectivity index (χ4v) is 4.13. The Morgan fingerprint density at radius 3 is 2.19 bits per heavy atom. The molecule has 0 radical (unpaired) electrons. The molecule has 2 heterocycles. The summed E-state index contributed by atoms with van der Waals surface area (Å²) in [5, 5.41) is 6.83. The zero-order valence-electron chi connectivity index (χ0n) is 15.6. The van der Waals surface area contributed by atoms with Gasteiger partial charge in [0.25, 0.3) is 11.8 Å². The summed E-state index contributed by atoms with van der Waals surface area (Å²) in [4.78, 5) is 25.3. The van der Waals surface area contributed by atoms with Crippen molar-refractivity contribution in [2.75, 3.05) is 5.01 Å². The first-order valence-corrected chi connectivity index (χ1v) is 11.1. The van der Waals surface area contributed by atoms with E-state index in [0.717, 1.165) is 5.01 Å². The molecule has 1 aliphatic heterocycles. The molecule has 2 aromatic carbocycles. The first-order chi connectivity index (χ1) is 14.6. The van der Waals surface area contributed by atoms with Crippen LogP contribution in [0.25, 0.3) is 11.8 Å². The molecule has 0 bridgehead atoms. The van der Waals surface area contributed by atoms with Gasteiger partial charge in [-0.1, -0.05) is 23.2 Å². The summed E-state index contributed by atoms with van der Waals surface area (Å²) in [6, 6.07) is 13.8. The predicted molar refractivity (Wildman–Crippen MR) is 117 cm³/mol. The van der Waals surface area contributed by atoms with E-state index in [0.29, 0.717) is 27.1 Å². The van der Waals surface area contributed by atoms with Crippen LogP contribution in [0.4, 0.5) is 5.69 Å². The van der Waals surface area contributed by atoms with Gasteiger partial charge >= 0.3 is 0 Å². The van der Waals surface area contributed by atoms with Crippen LogP contribution in [0, 0.1) is 0 Å². The number of amides is 2. The van der Waals surface area contributed by atoms with E-state index in [9.17, 15) is 18.0 Å². The van der Waals surface area contributed by atoms with Crippen molar-refractivity contribution in [1.29, 1.82) is 0 Å². The first-order valence-electron chi connectivity index (χ1n) is 8.77. The van der Waals surface area contributed by atoms with Crippen LogP contribution in [0.3, 0.4) is 0 Å². The van der Waals surface area contributed by atoms with E-state index in [1.807, 2.05) is 0 Å². The summed E-state index contributed by atoms with van der Waals surface area (Å²) in [5.74, 6) is -1.15. The molecule has 0 aliphatic carbocycles. The van der Waals surface area contributed by atoms with E-state index in [2.05, 4.69) is 5.43 Å². The van der Waals surface area contributed by atoms with Gasteiger partial charge in [0.1, 0.15) is 5.57 Å². The number of carbonyl (C=O) groups is 2. The van der Waals surface area contributed by atoms with Crippen LogP contribution in [-0.2, 0) is 19.6 Å². The lowest BCUT2D eigenvalue weighted by atomic mass is 10.2. The Morgan fingerprint density at radius 2 is 1.58 bits per heavy atom. The highest BCUT2D eigenvalue weighted by atomic mass is 35.5. The number of anilines is 1. The van der Waals surface area contributed by atoms with Gasteiger partial charge in [-0.3, -0.25) is 15.0 Å². The largest absolute Gasteiger partial charge is 0.317 e. The number of nitrogens with one attached hydrogen (secondary N) is 1. The number of nitrogens with two attached hydrogens (primary N) is 1. The fraction of sp³-hybridized carbons (Fsp3) is 0. The quantitative estimate of drug-likeness (QED) is 0.444. The zero-order chi connectivity index (χ0) is 22.3. The molecule has 3 N–H and O–H groups in total. The topological polar surface area (TPSA) is 114 Å². The van der Waals surface area contributed by atoms with E-state index < -0.39 is 21.8 Å². The molecule has 4 rings (SSSR count). The molecule has 8 nitrogen and oxygen atoms in total. The van der Waals surface area contributed by atoms with Crippen LogP contribution < -0.4 is 15.6 Å². The molecule has 158 valence electrons. The monoisotopic (exact) mass is 476 g/mol. The third kappa shape index (κ3) is 4.21. The molecule has 11 heteroatoms. The Balaban J connectivity index is 1.68. The lowest BCUT2D eigenvalue weighted by Gasteiger charge is -2.15. The summed E-state index contributed by atoms with van der Waals surface area (Å²) in [7, 11) is -3.81. The summed E-state index contributed by atoms with van der Waals surface area (Å²) >= 11 is 12.0. The number of benzene rings is 2. The van der Waals surface area contributed by atoms with Gasteiger partial charge in [0.15, 0.2) is 0 Å². The molecule has 0 unspecified atom stereocenters. The maximum Gasteiger partial charge on any atom is 0.282 e. The highest BCUT2D eigenvalue weighted by molar-refractivity contribution is 7.89. The highest BCUT2D eigenvalue weighted by Crippen LogP contribution is 2.28. The average molecular weight is 477 g/mol. The number of aromatic nitrogens is 1. The van der Waals surface area contributed by atoms with Crippen molar-refractivity contribution in [3.63, 3.8) is 0 Å². The number of hydrogen-bond acceptors (Lipinski definition) is 4. The van der Waals surface area contributed by atoms with Gasteiger partial charge < -0.3 is 4.57 Å². The molecule has 1 fully saturated rings. The minimum Gasteiger partial charge on any atom is -0.317 e. The molecule has 1 saturated heterocycles. The number of sulfonamides is 1. The molecule has 2 amide bonds. The van der Waals surface area contributed by atoms with Crippen molar-refractivity contribution in [3.8, 4) is 5.69 Å². The van der Waals surface area contributed by atoms with Gasteiger partial charge in [-0.2, -0.15) is 0 Å². The van der Waals surface area contributed by atoms with Crippen molar-refractivity contribution in [2.45, 2.75) is 4.90 Å². The summed E-state index contributed by atoms with van der Waals surface area (Å²) in [6.45, 7) is 0. The number of carbonyl (C=O) groups excluding carboxylic acids is 2. The Morgan fingerprint density at radius 1 is 0.935 bits per heavy atom. The van der Waals surface area contributed by atoms with Crippen LogP contribution in [-0.4, -0.2) is 24.8 Å². The van der Waals surface area contributed by atoms with Gasteiger partial charge in [0, 0.05) is 27.6 Å². The van der Waals surface area contributed by atoms with Crippen molar-refractivity contribution < 1.29 is 18.0 Å². The Labute approximate surface area is 187 Å². The molecular weight excluding hydrogens is 463 g/mol. The minimum absolute atomic E-state index is 0.0236. The number of hydrazine groups is 1. The van der Waals surface area contributed by atoms with Gasteiger partial charge in [-0.05, 0) is 60.7 Å². The van der Waals surface area contributed by atoms with Crippen molar-refractivity contribution in [2.24, 2.45) is 5.14 Å². The van der Waals surface area contributed by atoms with Gasteiger partial charge in [-0.15, -0.1) is 0 Å². The molecule has 0 atom stereocenters. The summed E-state index contributed by atoms with van der Waals surface area (Å²) in [5.41, 5.74) is 3.88. The predicted octanol–water partition coefficient (Wildman–Crippen LogP) is 2.89. The molecule has 1 aromatic heterocycles. The van der Waals surface area contributed by atoms with Gasteiger partial charge in [0.2, 0.25) is 10.0 Å². The number of nitrogens with zero attached hydrogens (tertiary/aromatic N) is 2. The molecule has 3 aromatic rings. The SMILES string of the molecule is NS(=O)(=O)c1ccc(-n2cccc2C=C2C(=O)NN(c3cc(Cl)cc(Cl)c3)C2=O)cc1. The minimum atomic E-state index is -3.81. The third-order valence-electron chi connectivity index (χ3n) is 4.51. The number of primary sulfonamides is 1. The van der Waals surface area contributed by atoms with Crippen LogP contribution in [0.1, 0.15) is 5.69 Å². The molecule has 0 spiro atoms. The lowest BCUT2D eigenvalue weighted by molar-refractivity contribution is -0.117. The zero-order valence-corrected chi connectivity index (χ0v) is 17.9. The van der Waals surface area contributed by atoms with Crippen LogP contribution >= 0.6 is 23.2 Å². The normalized spacial score (nSPS) is 15.6. The maximum absolute atomic E-state index is 12.9. The van der Waals surface area contributed by atoms with E-state index in [1.54, 1.807) is 35.0 Å². The Kier molecular flexibility index (Phi) is 5.36. The van der Waals surface area contributed by atoms with Crippen LogP contribution in [0.2, 0.25) is 10.0 Å². The summed E-state index contributed by atoms with van der Waals surface area (Å²) < 4.78 is 24.6. The highest BCUT2D eigenvalue weighted by Gasteiger charge is 2.35. The van der Waals surface area contributed by atoms with E-state index in [1.165, 1.54) is 36.4 Å². The smallest absolute Gasteiger partial charge is 0.282 e. The second kappa shape index (κ2) is 7.86. The average Bonchev–Trinajstić information content (AvgIpc) is 3.27. The second-order valence-corrected chi connectivity index (χ2v) is 9.04. The van der Waals surface area contributed by atoms with Crippen LogP contribution in [0.15, 0.2) is 71.3 Å². The Bertz CT molecular complexity index is 1330. The Hall–Kier alpha value is -3.11. The fourth-order valence-electron chi connectivity index (χ4n) is 3.10. The standard InChI is InChI=1S/C20H14Cl2N4O4S/c21-12-8-13(22)10-16(9-12)26-20(28)18(19(27)24-26)11-15-2-1-7-25(15)14-3-5-17(6-4-14)31(23,29)30/h1-11H,(H,24,27)(H2,23,29,30). The molecule has 1 aliphatic rings. The first kappa shape index (κ1) is 21.1. The third-order valence-corrected chi connectivity index (χ3v) is 5.88. The molecule has 0 saturated carbocycles. The molecular formula is C20H14Cl2N4O4S. The van der Waals surface area contributed by atoms with Crippen molar-refractivity contribution in [1.82, 2.24) is 9.99 Å². The van der Waals surface area contributed by atoms with E-state index >= 15 is 0 Å². The second-order valence-electron chi connectivity index (χ2n) is 6.61. The number of halogens is 2. The lowest BCUT2D eigenvalue weighted by Crippen LogP contribution is -2.35. The van der Waals surface area contributed by atoms with E-state index in [4.69, 9.17) is 28.3 Å².